The molecule has 1 radical (unpaired) electrons. The zero-order valence-electron chi connectivity index (χ0n) is 7.37. The Morgan fingerprint density at radius 3 is 2.50 bits per heavy atom. The molecule has 2 rings (SSSR count). The average Bonchev–Trinajstić information content (AvgIpc) is 2.90. The average molecular weight is 161 g/mol. The van der Waals surface area contributed by atoms with Crippen LogP contribution in [0, 0.1) is 0 Å². The van der Waals surface area contributed by atoms with Gasteiger partial charge >= 0.3 is 0 Å². The third-order valence-electron chi connectivity index (χ3n) is 2.32. The van der Waals surface area contributed by atoms with Crippen LogP contribution in [0.4, 0.5) is 0 Å². The van der Waals surface area contributed by atoms with Crippen LogP contribution in [0.3, 0.4) is 0 Å². The highest BCUT2D eigenvalue weighted by atomic mass is 15.2. The standard InChI is InChI=1S/C11H15N/c1-2-5-11(6-3-1)7-4-8-12-9-10-12/h1-3,5-6H,4,7-10H2/q+1. The molecule has 1 heteroatoms. The first-order valence-corrected chi connectivity index (χ1v) is 4.71. The van der Waals surface area contributed by atoms with Crippen molar-refractivity contribution in [2.75, 3.05) is 19.6 Å². The van der Waals surface area contributed by atoms with Crippen LogP contribution in [-0.4, -0.2) is 19.6 Å². The monoisotopic (exact) mass is 161 g/mol. The minimum atomic E-state index is 1.23. The summed E-state index contributed by atoms with van der Waals surface area (Å²) in [6.45, 7) is 3.94. The summed E-state index contributed by atoms with van der Waals surface area (Å²) in [5.74, 6) is 0. The molecule has 0 aliphatic carbocycles. The lowest BCUT2D eigenvalue weighted by Gasteiger charge is -1.96. The van der Waals surface area contributed by atoms with Crippen molar-refractivity contribution < 1.29 is 0 Å². The molecular weight excluding hydrogens is 146 g/mol. The molecule has 0 amide bonds. The van der Waals surface area contributed by atoms with Crippen LogP contribution < -0.4 is 4.90 Å². The lowest BCUT2D eigenvalue weighted by Crippen LogP contribution is -2.05. The summed E-state index contributed by atoms with van der Waals surface area (Å²) in [6, 6.07) is 10.7. The second kappa shape index (κ2) is 3.72. The summed E-state index contributed by atoms with van der Waals surface area (Å²) in [5.41, 5.74) is 1.47. The van der Waals surface area contributed by atoms with Crippen molar-refractivity contribution >= 4 is 0 Å². The van der Waals surface area contributed by atoms with Gasteiger partial charge in [-0.25, -0.2) is 0 Å². The summed E-state index contributed by atoms with van der Waals surface area (Å²) in [5, 5.41) is 0. The highest BCUT2D eigenvalue weighted by molar-refractivity contribution is 5.14. The molecule has 1 nitrogen and oxygen atoms in total. The molecule has 0 aromatic heterocycles. The van der Waals surface area contributed by atoms with Gasteiger partial charge in [0.05, 0.1) is 0 Å². The predicted molar refractivity (Wildman–Crippen MR) is 51.5 cm³/mol. The van der Waals surface area contributed by atoms with Gasteiger partial charge in [0.1, 0.15) is 6.54 Å². The number of benzene rings is 1. The first-order chi connectivity index (χ1) is 5.95. The van der Waals surface area contributed by atoms with E-state index in [4.69, 9.17) is 0 Å². The summed E-state index contributed by atoms with van der Waals surface area (Å²) in [7, 11) is 0. The smallest absolute Gasteiger partial charge is 0.159 e. The van der Waals surface area contributed by atoms with Gasteiger partial charge in [-0.05, 0) is 12.0 Å². The highest BCUT2D eigenvalue weighted by Crippen LogP contribution is 2.05. The lowest BCUT2D eigenvalue weighted by molar-refractivity contribution is 0.660. The third-order valence-corrected chi connectivity index (χ3v) is 2.32. The molecule has 0 bridgehead atoms. The molecule has 1 aliphatic rings. The molecule has 0 unspecified atom stereocenters. The number of hydrogen-bond acceptors (Lipinski definition) is 1. The Morgan fingerprint density at radius 2 is 1.83 bits per heavy atom. The Labute approximate surface area is 74.0 Å². The Kier molecular flexibility index (Phi) is 2.42. The topological polar surface area (TPSA) is 5.90 Å². The van der Waals surface area contributed by atoms with E-state index in [0.717, 1.165) is 0 Å². The normalized spacial score (nSPS) is 16.3. The van der Waals surface area contributed by atoms with Gasteiger partial charge in [0, 0.05) is 6.42 Å². The third kappa shape index (κ3) is 2.35. The lowest BCUT2D eigenvalue weighted by atomic mass is 10.1. The SMILES string of the molecule is c1ccc(CCC[N+]2CC2)cc1. The molecule has 1 aromatic rings. The molecule has 63 valence electrons. The van der Waals surface area contributed by atoms with Gasteiger partial charge in [0.2, 0.25) is 0 Å². The van der Waals surface area contributed by atoms with E-state index in [1.165, 1.54) is 38.0 Å². The molecule has 1 saturated heterocycles. The Bertz CT molecular complexity index is 226. The minimum absolute atomic E-state index is 1.23. The van der Waals surface area contributed by atoms with Crippen LogP contribution in [0.15, 0.2) is 30.3 Å². The van der Waals surface area contributed by atoms with Crippen molar-refractivity contribution in [3.8, 4) is 0 Å². The van der Waals surface area contributed by atoms with Crippen molar-refractivity contribution in [1.29, 1.82) is 0 Å². The molecular formula is C11H15N+. The maximum Gasteiger partial charge on any atom is 0.176 e. The van der Waals surface area contributed by atoms with E-state index in [0.29, 0.717) is 0 Å². The van der Waals surface area contributed by atoms with E-state index < -0.39 is 0 Å². The maximum atomic E-state index is 2.48. The summed E-state index contributed by atoms with van der Waals surface area (Å²) in [4.78, 5) is 2.48. The number of aryl methyl sites for hydroxylation is 1. The Hall–Kier alpha value is -0.820. The zero-order chi connectivity index (χ0) is 8.23. The van der Waals surface area contributed by atoms with Crippen LogP contribution in [-0.2, 0) is 6.42 Å². The minimum Gasteiger partial charge on any atom is -0.159 e. The van der Waals surface area contributed by atoms with Gasteiger partial charge in [0.25, 0.3) is 0 Å². The number of rotatable bonds is 4. The van der Waals surface area contributed by atoms with Crippen LogP contribution >= 0.6 is 0 Å². The predicted octanol–water partition coefficient (Wildman–Crippen LogP) is 1.77. The van der Waals surface area contributed by atoms with E-state index in [-0.39, 0.29) is 0 Å². The first-order valence-electron chi connectivity index (χ1n) is 4.71. The summed E-state index contributed by atoms with van der Waals surface area (Å²) >= 11 is 0. The molecule has 1 aromatic carbocycles. The van der Waals surface area contributed by atoms with Gasteiger partial charge in [-0.2, -0.15) is 4.90 Å². The van der Waals surface area contributed by atoms with E-state index in [2.05, 4.69) is 35.2 Å². The highest BCUT2D eigenvalue weighted by Gasteiger charge is 2.29. The second-order valence-corrected chi connectivity index (χ2v) is 3.43. The molecule has 0 atom stereocenters. The fraction of sp³-hybridized carbons (Fsp3) is 0.455. The van der Waals surface area contributed by atoms with Gasteiger partial charge in [-0.1, -0.05) is 30.3 Å². The van der Waals surface area contributed by atoms with Crippen LogP contribution in [0.25, 0.3) is 0 Å². The van der Waals surface area contributed by atoms with Gasteiger partial charge in [-0.15, -0.1) is 0 Å². The zero-order valence-corrected chi connectivity index (χ0v) is 7.37. The molecule has 0 spiro atoms. The van der Waals surface area contributed by atoms with E-state index in [1.807, 2.05) is 0 Å². The molecule has 1 heterocycles. The second-order valence-electron chi connectivity index (χ2n) is 3.43. The van der Waals surface area contributed by atoms with Gasteiger partial charge < -0.3 is 0 Å². The summed E-state index contributed by atoms with van der Waals surface area (Å²) < 4.78 is 0. The first kappa shape index (κ1) is 7.81. The number of nitrogens with zero attached hydrogens (tertiary/aromatic N) is 1. The molecule has 12 heavy (non-hydrogen) atoms. The van der Waals surface area contributed by atoms with Crippen molar-refractivity contribution in [2.24, 2.45) is 0 Å². The number of hydrogen-bond donors (Lipinski definition) is 0. The summed E-state index contributed by atoms with van der Waals surface area (Å²) in [6.07, 6.45) is 2.54. The molecule has 0 N–H and O–H groups in total. The van der Waals surface area contributed by atoms with Crippen molar-refractivity contribution in [3.63, 3.8) is 0 Å². The quantitative estimate of drug-likeness (QED) is 0.469. The van der Waals surface area contributed by atoms with E-state index in [9.17, 15) is 0 Å². The van der Waals surface area contributed by atoms with Crippen molar-refractivity contribution in [3.05, 3.63) is 35.9 Å². The molecule has 0 saturated carbocycles. The van der Waals surface area contributed by atoms with Gasteiger partial charge in [0.15, 0.2) is 13.1 Å². The maximum absolute atomic E-state index is 2.48. The van der Waals surface area contributed by atoms with E-state index >= 15 is 0 Å². The molecule has 1 aliphatic heterocycles. The van der Waals surface area contributed by atoms with Crippen LogP contribution in [0.1, 0.15) is 12.0 Å². The van der Waals surface area contributed by atoms with Gasteiger partial charge in [-0.3, -0.25) is 0 Å². The molecule has 1 fully saturated rings. The Morgan fingerprint density at radius 1 is 1.08 bits per heavy atom. The van der Waals surface area contributed by atoms with Crippen molar-refractivity contribution in [2.45, 2.75) is 12.8 Å². The fourth-order valence-corrected chi connectivity index (χ4v) is 1.45. The van der Waals surface area contributed by atoms with Crippen molar-refractivity contribution in [1.82, 2.24) is 4.90 Å². The largest absolute Gasteiger partial charge is 0.176 e. The Balaban J connectivity index is 1.72. The van der Waals surface area contributed by atoms with Crippen LogP contribution in [0.5, 0.6) is 0 Å². The van der Waals surface area contributed by atoms with E-state index in [1.54, 1.807) is 0 Å². The fourth-order valence-electron chi connectivity index (χ4n) is 1.45. The van der Waals surface area contributed by atoms with Crippen LogP contribution in [0.2, 0.25) is 0 Å².